The van der Waals surface area contributed by atoms with E-state index in [0.717, 1.165) is 12.5 Å². The molecule has 1 amide bonds. The number of fused-ring (bicyclic) bond motifs is 10. The molecule has 2 N–H and O–H groups in total. The van der Waals surface area contributed by atoms with Gasteiger partial charge in [0.05, 0.1) is 18.1 Å². The van der Waals surface area contributed by atoms with Gasteiger partial charge in [-0.3, -0.25) is 24.0 Å². The van der Waals surface area contributed by atoms with Crippen molar-refractivity contribution in [3.8, 4) is 0 Å². The van der Waals surface area contributed by atoms with Gasteiger partial charge in [-0.25, -0.2) is 0 Å². The first-order valence-corrected chi connectivity index (χ1v) is 11.9. The molecule has 5 unspecified atom stereocenters. The van der Waals surface area contributed by atoms with Crippen molar-refractivity contribution in [3.05, 3.63) is 47.6 Å². The van der Waals surface area contributed by atoms with Gasteiger partial charge in [-0.2, -0.15) is 0 Å². The topological polar surface area (TPSA) is 136 Å². The van der Waals surface area contributed by atoms with Gasteiger partial charge in [-0.1, -0.05) is 48.5 Å². The van der Waals surface area contributed by atoms with Gasteiger partial charge in [0, 0.05) is 20.3 Å². The highest BCUT2D eigenvalue weighted by Crippen LogP contribution is 2.38. The summed E-state index contributed by atoms with van der Waals surface area (Å²) in [5.74, 6) is -4.37. The predicted molar refractivity (Wildman–Crippen MR) is 131 cm³/mol. The molecule has 36 heavy (non-hydrogen) atoms. The fourth-order valence-corrected chi connectivity index (χ4v) is 4.13. The third-order valence-electron chi connectivity index (χ3n) is 6.44. The lowest BCUT2D eigenvalue weighted by Gasteiger charge is -2.42. The van der Waals surface area contributed by atoms with Crippen LogP contribution in [0.3, 0.4) is 0 Å². The molecule has 2 aliphatic heterocycles. The maximum atomic E-state index is 13.6. The Balaban J connectivity index is 2.60. The number of carbonyl (C=O) groups is 5. The molecule has 0 aromatic carbocycles. The Hall–Kier alpha value is -3.33. The van der Waals surface area contributed by atoms with Gasteiger partial charge in [0.2, 0.25) is 5.78 Å². The van der Waals surface area contributed by atoms with Gasteiger partial charge in [0.15, 0.2) is 5.78 Å². The Morgan fingerprint density at radius 2 is 1.75 bits per heavy atom. The van der Waals surface area contributed by atoms with Crippen molar-refractivity contribution in [3.63, 3.8) is 0 Å². The number of nitrogens with one attached hydrogen (secondary N) is 1. The number of rotatable bonds is 3. The van der Waals surface area contributed by atoms with Crippen molar-refractivity contribution in [2.24, 2.45) is 11.3 Å². The van der Waals surface area contributed by atoms with Crippen LogP contribution < -0.4 is 5.32 Å². The van der Waals surface area contributed by atoms with E-state index >= 15 is 0 Å². The van der Waals surface area contributed by atoms with Gasteiger partial charge in [0.25, 0.3) is 5.91 Å². The number of amides is 1. The number of hydrogen-bond donors (Lipinski definition) is 2. The Morgan fingerprint density at radius 3 is 2.36 bits per heavy atom. The number of esters is 2. The van der Waals surface area contributed by atoms with Crippen LogP contribution in [-0.2, 0) is 33.4 Å². The first-order valence-electron chi connectivity index (χ1n) is 11.9. The smallest absolute Gasteiger partial charge is 0.322 e. The van der Waals surface area contributed by atoms with Gasteiger partial charge >= 0.3 is 11.9 Å². The zero-order chi connectivity index (χ0) is 27.2. The molecule has 2 bridgehead atoms. The summed E-state index contributed by atoms with van der Waals surface area (Å²) in [4.78, 5) is 62.5. The quantitative estimate of drug-likeness (QED) is 0.342. The maximum Gasteiger partial charge on any atom is 0.322 e. The molecular weight excluding hydrogens is 466 g/mol. The number of hydrogen-bond acceptors (Lipinski definition) is 8. The van der Waals surface area contributed by atoms with E-state index in [9.17, 15) is 29.1 Å². The number of Topliss-reactive ketones (excluding diaryl/α,β-unsaturated/α-hetero) is 2. The van der Waals surface area contributed by atoms with Crippen LogP contribution >= 0.6 is 0 Å². The van der Waals surface area contributed by atoms with E-state index in [1.165, 1.54) is 19.9 Å². The lowest BCUT2D eigenvalue weighted by atomic mass is 9.69. The summed E-state index contributed by atoms with van der Waals surface area (Å²) in [5.41, 5.74) is -0.437. The molecule has 0 spiro atoms. The highest BCUT2D eigenvalue weighted by Gasteiger charge is 2.56. The standard InChI is InChI=1S/C27H35NO8/c1-15-7-10-20(31)11-8-16(2)13-23(28-25(33)18(4)29)27(6)24(32)17(3)22(36-26(27)34)14-21(12-9-15)35-19(5)30/h7-9,11-13,17,20-23,31H,10,14H2,1-6H3,(H,28,33)/t17?,20?,21?,22?,23?,27-/m0/s1. The number of carbonyl (C=O) groups excluding carboxylic acids is 5. The molecule has 9 heteroatoms. The van der Waals surface area contributed by atoms with Crippen LogP contribution in [0.1, 0.15) is 54.4 Å². The molecule has 1 fully saturated rings. The Kier molecular flexibility index (Phi) is 9.69. The predicted octanol–water partition coefficient (Wildman–Crippen LogP) is 2.29. The summed E-state index contributed by atoms with van der Waals surface area (Å²) in [7, 11) is 0. The third-order valence-corrected chi connectivity index (χ3v) is 6.44. The molecule has 6 atom stereocenters. The summed E-state index contributed by atoms with van der Waals surface area (Å²) < 4.78 is 11.1. The molecule has 3 aliphatic rings. The van der Waals surface area contributed by atoms with Crippen molar-refractivity contribution in [1.82, 2.24) is 5.32 Å². The minimum absolute atomic E-state index is 0.0571. The normalized spacial score (nSPS) is 31.6. The van der Waals surface area contributed by atoms with Crippen molar-refractivity contribution < 1.29 is 38.6 Å². The Labute approximate surface area is 211 Å². The number of ketones is 2. The molecule has 3 rings (SSSR count). The zero-order valence-electron chi connectivity index (χ0n) is 21.6. The third kappa shape index (κ3) is 7.10. The molecule has 1 saturated heterocycles. The second-order valence-electron chi connectivity index (χ2n) is 9.57. The van der Waals surface area contributed by atoms with E-state index in [1.807, 2.05) is 13.0 Å². The summed E-state index contributed by atoms with van der Waals surface area (Å²) >= 11 is 0. The molecule has 0 aromatic rings. The van der Waals surface area contributed by atoms with E-state index in [1.54, 1.807) is 38.2 Å². The van der Waals surface area contributed by atoms with Crippen LogP contribution in [0, 0.1) is 11.3 Å². The zero-order valence-corrected chi connectivity index (χ0v) is 21.6. The Morgan fingerprint density at radius 1 is 1.11 bits per heavy atom. The van der Waals surface area contributed by atoms with Crippen LogP contribution in [0.15, 0.2) is 47.6 Å². The summed E-state index contributed by atoms with van der Waals surface area (Å²) in [6, 6.07) is -1.18. The molecule has 1 aliphatic carbocycles. The number of ether oxygens (including phenoxy) is 2. The van der Waals surface area contributed by atoms with Gasteiger partial charge in [-0.05, 0) is 33.3 Å². The minimum Gasteiger partial charge on any atom is -0.461 e. The lowest BCUT2D eigenvalue weighted by Crippen LogP contribution is -2.61. The molecule has 9 nitrogen and oxygen atoms in total. The Bertz CT molecular complexity index is 1040. The fraction of sp³-hybridized carbons (Fsp3) is 0.519. The highest BCUT2D eigenvalue weighted by atomic mass is 16.6. The molecule has 196 valence electrons. The SMILES string of the molecule is CC(=O)OC1C=CC(C)=CCC(O)C=CC(C)=CC(NC(=O)C(C)=O)[C@]2(C)C(=O)OC(C1)C(C)C2=O. The maximum absolute atomic E-state index is 13.6. The highest BCUT2D eigenvalue weighted by molar-refractivity contribution is 6.35. The molecule has 0 saturated carbocycles. The van der Waals surface area contributed by atoms with Crippen LogP contribution in [0.5, 0.6) is 0 Å². The number of allylic oxidation sites excluding steroid dienone is 4. The first kappa shape index (κ1) is 28.9. The average Bonchev–Trinajstić information content (AvgIpc) is 2.80. The van der Waals surface area contributed by atoms with Crippen molar-refractivity contribution >= 4 is 29.4 Å². The van der Waals surface area contributed by atoms with E-state index in [2.05, 4.69) is 5.32 Å². The monoisotopic (exact) mass is 501 g/mol. The number of aliphatic hydroxyl groups excluding tert-OH is 1. The van der Waals surface area contributed by atoms with Gasteiger partial charge in [-0.15, -0.1) is 0 Å². The van der Waals surface area contributed by atoms with Crippen molar-refractivity contribution in [2.75, 3.05) is 0 Å². The van der Waals surface area contributed by atoms with Crippen LogP contribution in [0.25, 0.3) is 0 Å². The fourth-order valence-electron chi connectivity index (χ4n) is 4.13. The van der Waals surface area contributed by atoms with Crippen molar-refractivity contribution in [1.29, 1.82) is 0 Å². The van der Waals surface area contributed by atoms with E-state index in [4.69, 9.17) is 9.47 Å². The average molecular weight is 502 g/mol. The molecule has 2 heterocycles. The minimum atomic E-state index is -1.81. The largest absolute Gasteiger partial charge is 0.461 e. The summed E-state index contributed by atoms with van der Waals surface area (Å²) in [5, 5.41) is 12.8. The summed E-state index contributed by atoms with van der Waals surface area (Å²) in [6.07, 6.45) is 7.78. The molecule has 0 aromatic heterocycles. The lowest BCUT2D eigenvalue weighted by molar-refractivity contribution is -0.182. The van der Waals surface area contributed by atoms with Gasteiger partial charge in [0.1, 0.15) is 17.6 Å². The summed E-state index contributed by atoms with van der Waals surface area (Å²) in [6.45, 7) is 8.85. The van der Waals surface area contributed by atoms with Crippen LogP contribution in [0.4, 0.5) is 0 Å². The van der Waals surface area contributed by atoms with E-state index in [-0.39, 0.29) is 6.42 Å². The first-order chi connectivity index (χ1) is 16.7. The second kappa shape index (κ2) is 12.1. The molecular formula is C27H35NO8. The van der Waals surface area contributed by atoms with Crippen molar-refractivity contribution in [2.45, 2.75) is 78.7 Å². The van der Waals surface area contributed by atoms with E-state index in [0.29, 0.717) is 12.0 Å². The van der Waals surface area contributed by atoms with Crippen LogP contribution in [-0.4, -0.2) is 58.9 Å². The van der Waals surface area contributed by atoms with Gasteiger partial charge < -0.3 is 19.9 Å². The van der Waals surface area contributed by atoms with Crippen LogP contribution in [0.2, 0.25) is 0 Å². The second-order valence-corrected chi connectivity index (χ2v) is 9.57. The molecule has 0 radical (unpaired) electrons. The number of aliphatic hydroxyl groups is 1. The van der Waals surface area contributed by atoms with E-state index < -0.39 is 65.1 Å².